The minimum absolute atomic E-state index is 0.282. The van der Waals surface area contributed by atoms with Crippen molar-refractivity contribution in [3.63, 3.8) is 0 Å². The number of benzene rings is 1. The topological polar surface area (TPSA) is 38.7 Å². The van der Waals surface area contributed by atoms with E-state index in [-0.39, 0.29) is 6.79 Å². The summed E-state index contributed by atoms with van der Waals surface area (Å²) in [6.07, 6.45) is 2.23. The van der Waals surface area contributed by atoms with Gasteiger partial charge < -0.3 is 14.6 Å². The van der Waals surface area contributed by atoms with E-state index in [1.165, 1.54) is 0 Å². The van der Waals surface area contributed by atoms with Crippen molar-refractivity contribution in [3.05, 3.63) is 23.8 Å². The Morgan fingerprint density at radius 1 is 1.27 bits per heavy atom. The third-order valence-corrected chi connectivity index (χ3v) is 3.33. The predicted molar refractivity (Wildman–Crippen MR) is 54.9 cm³/mol. The summed E-state index contributed by atoms with van der Waals surface area (Å²) in [5, 5.41) is 10.4. The monoisotopic (exact) mass is 206 g/mol. The van der Waals surface area contributed by atoms with E-state index in [1.54, 1.807) is 0 Å². The van der Waals surface area contributed by atoms with Crippen LogP contribution in [0.3, 0.4) is 0 Å². The molecule has 0 bridgehead atoms. The van der Waals surface area contributed by atoms with Gasteiger partial charge in [0.25, 0.3) is 0 Å². The van der Waals surface area contributed by atoms with Gasteiger partial charge in [-0.3, -0.25) is 0 Å². The largest absolute Gasteiger partial charge is 0.454 e. The molecule has 3 nitrogen and oxygen atoms in total. The maximum absolute atomic E-state index is 10.4. The highest BCUT2D eigenvalue weighted by Gasteiger charge is 2.41. The van der Waals surface area contributed by atoms with Crippen molar-refractivity contribution < 1.29 is 14.6 Å². The Labute approximate surface area is 88.6 Å². The molecule has 1 aromatic carbocycles. The Kier molecular flexibility index (Phi) is 1.74. The molecule has 0 aromatic heterocycles. The van der Waals surface area contributed by atoms with E-state index < -0.39 is 5.60 Å². The first-order valence-corrected chi connectivity index (χ1v) is 5.30. The highest BCUT2D eigenvalue weighted by molar-refractivity contribution is 5.46. The zero-order valence-corrected chi connectivity index (χ0v) is 8.69. The zero-order chi connectivity index (χ0) is 10.5. The van der Waals surface area contributed by atoms with Crippen LogP contribution in [-0.4, -0.2) is 11.9 Å². The Hall–Kier alpha value is -1.22. The van der Waals surface area contributed by atoms with Crippen molar-refractivity contribution in [3.8, 4) is 11.5 Å². The van der Waals surface area contributed by atoms with Crippen LogP contribution in [0.25, 0.3) is 0 Å². The Morgan fingerprint density at radius 2 is 2.00 bits per heavy atom. The standard InChI is InChI=1S/C12H14O3/c1-12(13,8-2-3-8)9-4-5-10-11(6-9)15-7-14-10/h4-6,8,13H,2-3,7H2,1H3/t12-/m0/s1. The van der Waals surface area contributed by atoms with Crippen LogP contribution in [0.2, 0.25) is 0 Å². The van der Waals surface area contributed by atoms with Gasteiger partial charge in [0.2, 0.25) is 6.79 Å². The normalized spacial score (nSPS) is 22.5. The molecule has 1 fully saturated rings. The molecule has 1 saturated carbocycles. The maximum atomic E-state index is 10.4. The molecule has 1 heterocycles. The van der Waals surface area contributed by atoms with E-state index in [0.717, 1.165) is 29.9 Å². The van der Waals surface area contributed by atoms with E-state index >= 15 is 0 Å². The Morgan fingerprint density at radius 3 is 2.73 bits per heavy atom. The second-order valence-corrected chi connectivity index (χ2v) is 4.49. The third kappa shape index (κ3) is 1.38. The lowest BCUT2D eigenvalue weighted by Crippen LogP contribution is -2.23. The van der Waals surface area contributed by atoms with Gasteiger partial charge in [-0.25, -0.2) is 0 Å². The quantitative estimate of drug-likeness (QED) is 0.804. The number of fused-ring (bicyclic) bond motifs is 1. The Bertz CT molecular complexity index is 394. The summed E-state index contributed by atoms with van der Waals surface area (Å²) < 4.78 is 10.5. The summed E-state index contributed by atoms with van der Waals surface area (Å²) in [4.78, 5) is 0. The van der Waals surface area contributed by atoms with Gasteiger partial charge in [0.1, 0.15) is 0 Å². The molecular formula is C12H14O3. The molecule has 1 aromatic rings. The second kappa shape index (κ2) is 2.89. The molecule has 1 aliphatic heterocycles. The molecule has 3 heteroatoms. The number of ether oxygens (including phenoxy) is 2. The van der Waals surface area contributed by atoms with Crippen molar-refractivity contribution >= 4 is 0 Å². The summed E-state index contributed by atoms with van der Waals surface area (Å²) >= 11 is 0. The van der Waals surface area contributed by atoms with Crippen molar-refractivity contribution in [1.82, 2.24) is 0 Å². The fourth-order valence-corrected chi connectivity index (χ4v) is 2.09. The van der Waals surface area contributed by atoms with Gasteiger partial charge in [0.15, 0.2) is 11.5 Å². The van der Waals surface area contributed by atoms with Gasteiger partial charge >= 0.3 is 0 Å². The van der Waals surface area contributed by atoms with Crippen LogP contribution in [-0.2, 0) is 5.60 Å². The highest BCUT2D eigenvalue weighted by Crippen LogP contribution is 2.47. The average Bonchev–Trinajstić information content (AvgIpc) is 2.97. The smallest absolute Gasteiger partial charge is 0.231 e. The maximum Gasteiger partial charge on any atom is 0.231 e. The van der Waals surface area contributed by atoms with Gasteiger partial charge in [-0.15, -0.1) is 0 Å². The van der Waals surface area contributed by atoms with E-state index in [1.807, 2.05) is 25.1 Å². The van der Waals surface area contributed by atoms with Crippen molar-refractivity contribution in [2.45, 2.75) is 25.4 Å². The first kappa shape index (κ1) is 9.04. The van der Waals surface area contributed by atoms with E-state index in [2.05, 4.69) is 0 Å². The van der Waals surface area contributed by atoms with E-state index in [4.69, 9.17) is 9.47 Å². The lowest BCUT2D eigenvalue weighted by molar-refractivity contribution is 0.0329. The lowest BCUT2D eigenvalue weighted by Gasteiger charge is -2.23. The molecule has 0 spiro atoms. The molecule has 15 heavy (non-hydrogen) atoms. The molecule has 0 saturated heterocycles. The van der Waals surface area contributed by atoms with Crippen molar-refractivity contribution in [1.29, 1.82) is 0 Å². The summed E-state index contributed by atoms with van der Waals surface area (Å²) in [6, 6.07) is 5.68. The molecule has 3 rings (SSSR count). The number of aliphatic hydroxyl groups is 1. The molecule has 1 aliphatic carbocycles. The fraction of sp³-hybridized carbons (Fsp3) is 0.500. The summed E-state index contributed by atoms with van der Waals surface area (Å²) in [5.74, 6) is 1.91. The SMILES string of the molecule is C[C@@](O)(c1ccc2c(c1)OCO2)C1CC1. The Balaban J connectivity index is 1.98. The van der Waals surface area contributed by atoms with E-state index in [0.29, 0.717) is 5.92 Å². The first-order valence-electron chi connectivity index (χ1n) is 5.30. The molecule has 1 N–H and O–H groups in total. The van der Waals surface area contributed by atoms with Gasteiger partial charge in [0, 0.05) is 0 Å². The zero-order valence-electron chi connectivity index (χ0n) is 8.69. The van der Waals surface area contributed by atoms with Crippen LogP contribution in [0.4, 0.5) is 0 Å². The molecule has 0 unspecified atom stereocenters. The van der Waals surface area contributed by atoms with Crippen LogP contribution in [0.1, 0.15) is 25.3 Å². The first-order chi connectivity index (χ1) is 7.18. The summed E-state index contributed by atoms with van der Waals surface area (Å²) in [6.45, 7) is 2.16. The van der Waals surface area contributed by atoms with Gasteiger partial charge in [-0.1, -0.05) is 6.07 Å². The molecule has 80 valence electrons. The number of hydrogen-bond acceptors (Lipinski definition) is 3. The highest BCUT2D eigenvalue weighted by atomic mass is 16.7. The van der Waals surface area contributed by atoms with Crippen LogP contribution in [0.15, 0.2) is 18.2 Å². The number of rotatable bonds is 2. The van der Waals surface area contributed by atoms with Crippen molar-refractivity contribution in [2.75, 3.05) is 6.79 Å². The number of hydrogen-bond donors (Lipinski definition) is 1. The lowest BCUT2D eigenvalue weighted by atomic mass is 9.91. The minimum atomic E-state index is -0.721. The second-order valence-electron chi connectivity index (χ2n) is 4.49. The molecule has 0 radical (unpaired) electrons. The van der Waals surface area contributed by atoms with Crippen LogP contribution in [0, 0.1) is 5.92 Å². The summed E-state index contributed by atoms with van der Waals surface area (Å²) in [5.41, 5.74) is 0.204. The molecular weight excluding hydrogens is 192 g/mol. The molecule has 1 atom stereocenters. The van der Waals surface area contributed by atoms with E-state index in [9.17, 15) is 5.11 Å². The van der Waals surface area contributed by atoms with Crippen LogP contribution < -0.4 is 9.47 Å². The predicted octanol–water partition coefficient (Wildman–Crippen LogP) is 2.03. The molecule has 2 aliphatic rings. The van der Waals surface area contributed by atoms with Crippen LogP contribution >= 0.6 is 0 Å². The fourth-order valence-electron chi connectivity index (χ4n) is 2.09. The van der Waals surface area contributed by atoms with Gasteiger partial charge in [-0.2, -0.15) is 0 Å². The van der Waals surface area contributed by atoms with Gasteiger partial charge in [0.05, 0.1) is 5.60 Å². The van der Waals surface area contributed by atoms with Gasteiger partial charge in [-0.05, 0) is 43.4 Å². The summed E-state index contributed by atoms with van der Waals surface area (Å²) in [7, 11) is 0. The average molecular weight is 206 g/mol. The van der Waals surface area contributed by atoms with Crippen molar-refractivity contribution in [2.24, 2.45) is 5.92 Å². The molecule has 0 amide bonds. The minimum Gasteiger partial charge on any atom is -0.454 e. The van der Waals surface area contributed by atoms with Crippen LogP contribution in [0.5, 0.6) is 11.5 Å². The third-order valence-electron chi connectivity index (χ3n) is 3.33.